The summed E-state index contributed by atoms with van der Waals surface area (Å²) in [5, 5.41) is 2.72. The maximum Gasteiger partial charge on any atom is 0.308 e. The van der Waals surface area contributed by atoms with Crippen LogP contribution < -0.4 is 10.1 Å². The first-order valence-electron chi connectivity index (χ1n) is 9.99. The van der Waals surface area contributed by atoms with Crippen LogP contribution in [0.5, 0.6) is 5.75 Å². The highest BCUT2D eigenvalue weighted by Crippen LogP contribution is 2.18. The summed E-state index contributed by atoms with van der Waals surface area (Å²) in [6.45, 7) is 4.64. The topological polar surface area (TPSA) is 84.9 Å². The number of rotatable bonds is 7. The Kier molecular flexibility index (Phi) is 7.06. The fourth-order valence-corrected chi connectivity index (χ4v) is 3.23. The van der Waals surface area contributed by atoms with Crippen molar-refractivity contribution < 1.29 is 23.9 Å². The Bertz CT molecular complexity index is 880. The largest absolute Gasteiger partial charge is 0.491 e. The lowest BCUT2D eigenvalue weighted by Gasteiger charge is -2.34. The maximum absolute atomic E-state index is 13.0. The second kappa shape index (κ2) is 9.91. The summed E-state index contributed by atoms with van der Waals surface area (Å²) >= 11 is 0. The summed E-state index contributed by atoms with van der Waals surface area (Å²) in [7, 11) is 0. The summed E-state index contributed by atoms with van der Waals surface area (Å²) in [5.41, 5.74) is 1.29. The van der Waals surface area contributed by atoms with Gasteiger partial charge in [-0.05, 0) is 43.7 Å². The number of carbonyl (C=O) groups excluding carboxylic acids is 3. The highest BCUT2D eigenvalue weighted by molar-refractivity contribution is 5.99. The van der Waals surface area contributed by atoms with Gasteiger partial charge in [0.15, 0.2) is 0 Å². The molecule has 1 N–H and O–H groups in total. The van der Waals surface area contributed by atoms with Crippen LogP contribution in [-0.4, -0.2) is 47.9 Å². The van der Waals surface area contributed by atoms with Gasteiger partial charge in [-0.1, -0.05) is 30.3 Å². The van der Waals surface area contributed by atoms with E-state index in [0.29, 0.717) is 24.4 Å². The molecule has 0 radical (unpaired) electrons. The van der Waals surface area contributed by atoms with Crippen LogP contribution in [0.15, 0.2) is 54.6 Å². The highest BCUT2D eigenvalue weighted by Gasteiger charge is 2.35. The van der Waals surface area contributed by atoms with E-state index in [1.807, 2.05) is 44.2 Å². The molecule has 1 fully saturated rings. The van der Waals surface area contributed by atoms with Gasteiger partial charge in [-0.3, -0.25) is 14.4 Å². The fourth-order valence-electron chi connectivity index (χ4n) is 3.23. The molecular weight excluding hydrogens is 384 g/mol. The van der Waals surface area contributed by atoms with Gasteiger partial charge in [0.25, 0.3) is 5.91 Å². The molecule has 1 aliphatic heterocycles. The summed E-state index contributed by atoms with van der Waals surface area (Å²) < 4.78 is 10.9. The van der Waals surface area contributed by atoms with Gasteiger partial charge in [-0.15, -0.1) is 0 Å². The van der Waals surface area contributed by atoms with E-state index in [1.54, 1.807) is 24.3 Å². The molecule has 30 heavy (non-hydrogen) atoms. The molecule has 1 saturated heterocycles. The molecule has 2 aromatic carbocycles. The number of ether oxygens (including phenoxy) is 2. The standard InChI is InChI=1S/C23H26N2O5/c1-16(2)30-19-10-8-18(9-11-19)23(28)25-13-12-24-22(27)20(25)14-21(26)29-15-17-6-4-3-5-7-17/h3-11,16,20H,12-15H2,1-2H3,(H,24,27)/t20-/m0/s1. The van der Waals surface area contributed by atoms with Gasteiger partial charge in [0.2, 0.25) is 5.91 Å². The van der Waals surface area contributed by atoms with Crippen molar-refractivity contribution in [3.05, 3.63) is 65.7 Å². The first-order valence-corrected chi connectivity index (χ1v) is 9.99. The number of piperazine rings is 1. The van der Waals surface area contributed by atoms with Crippen molar-refractivity contribution >= 4 is 17.8 Å². The van der Waals surface area contributed by atoms with Crippen molar-refractivity contribution in [2.45, 2.75) is 39.0 Å². The average molecular weight is 410 g/mol. The minimum absolute atomic E-state index is 0.0311. The van der Waals surface area contributed by atoms with E-state index in [1.165, 1.54) is 4.90 Å². The van der Waals surface area contributed by atoms with Gasteiger partial charge in [0.1, 0.15) is 18.4 Å². The predicted molar refractivity (Wildman–Crippen MR) is 111 cm³/mol. The Morgan fingerprint density at radius 2 is 1.80 bits per heavy atom. The summed E-state index contributed by atoms with van der Waals surface area (Å²) in [6.07, 6.45) is -0.164. The average Bonchev–Trinajstić information content (AvgIpc) is 2.74. The Morgan fingerprint density at radius 1 is 1.10 bits per heavy atom. The van der Waals surface area contributed by atoms with E-state index in [2.05, 4.69) is 5.32 Å². The maximum atomic E-state index is 13.0. The molecule has 0 aliphatic carbocycles. The van der Waals surface area contributed by atoms with Crippen LogP contribution in [0.2, 0.25) is 0 Å². The Labute approximate surface area is 176 Å². The predicted octanol–water partition coefficient (Wildman–Crippen LogP) is 2.55. The molecule has 0 unspecified atom stereocenters. The minimum Gasteiger partial charge on any atom is -0.491 e. The lowest BCUT2D eigenvalue weighted by Crippen LogP contribution is -2.57. The van der Waals surface area contributed by atoms with Crippen LogP contribution in [-0.2, 0) is 20.9 Å². The number of benzene rings is 2. The van der Waals surface area contributed by atoms with E-state index >= 15 is 0 Å². The Balaban J connectivity index is 1.65. The van der Waals surface area contributed by atoms with Gasteiger partial charge in [-0.25, -0.2) is 0 Å². The van der Waals surface area contributed by atoms with E-state index in [9.17, 15) is 14.4 Å². The zero-order chi connectivity index (χ0) is 21.5. The molecule has 2 amide bonds. The number of nitrogens with zero attached hydrogens (tertiary/aromatic N) is 1. The molecule has 7 heteroatoms. The molecule has 0 spiro atoms. The zero-order valence-corrected chi connectivity index (χ0v) is 17.2. The lowest BCUT2D eigenvalue weighted by molar-refractivity contribution is -0.148. The van der Waals surface area contributed by atoms with Crippen LogP contribution in [0.25, 0.3) is 0 Å². The number of hydrogen-bond acceptors (Lipinski definition) is 5. The Morgan fingerprint density at radius 3 is 2.47 bits per heavy atom. The fraction of sp³-hybridized carbons (Fsp3) is 0.348. The molecule has 0 aromatic heterocycles. The van der Waals surface area contributed by atoms with Crippen LogP contribution >= 0.6 is 0 Å². The zero-order valence-electron chi connectivity index (χ0n) is 17.2. The number of esters is 1. The van der Waals surface area contributed by atoms with Gasteiger partial charge >= 0.3 is 5.97 Å². The lowest BCUT2D eigenvalue weighted by atomic mass is 10.1. The third kappa shape index (κ3) is 5.59. The van der Waals surface area contributed by atoms with E-state index in [-0.39, 0.29) is 30.9 Å². The van der Waals surface area contributed by atoms with Gasteiger partial charge in [0, 0.05) is 18.7 Å². The highest BCUT2D eigenvalue weighted by atomic mass is 16.5. The SMILES string of the molecule is CC(C)Oc1ccc(C(=O)N2CCNC(=O)[C@@H]2CC(=O)OCc2ccccc2)cc1. The first-order chi connectivity index (χ1) is 14.4. The molecule has 0 bridgehead atoms. The number of carbonyl (C=O) groups is 3. The summed E-state index contributed by atoms with van der Waals surface area (Å²) in [4.78, 5) is 39.2. The molecule has 7 nitrogen and oxygen atoms in total. The number of hydrogen-bond donors (Lipinski definition) is 1. The monoisotopic (exact) mass is 410 g/mol. The van der Waals surface area contributed by atoms with E-state index < -0.39 is 12.0 Å². The number of nitrogens with one attached hydrogen (secondary N) is 1. The normalized spacial score (nSPS) is 16.2. The van der Waals surface area contributed by atoms with Crippen molar-refractivity contribution in [2.75, 3.05) is 13.1 Å². The second-order valence-corrected chi connectivity index (χ2v) is 7.35. The van der Waals surface area contributed by atoms with E-state index in [0.717, 1.165) is 5.56 Å². The van der Waals surface area contributed by atoms with Gasteiger partial charge in [-0.2, -0.15) is 0 Å². The summed E-state index contributed by atoms with van der Waals surface area (Å²) in [5.74, 6) is -0.522. The quantitative estimate of drug-likeness (QED) is 0.709. The molecule has 1 aliphatic rings. The van der Waals surface area contributed by atoms with Gasteiger partial charge in [0.05, 0.1) is 12.5 Å². The summed E-state index contributed by atoms with van der Waals surface area (Å²) in [6, 6.07) is 15.2. The third-order valence-electron chi connectivity index (χ3n) is 4.67. The molecule has 0 saturated carbocycles. The number of amides is 2. The van der Waals surface area contributed by atoms with Crippen molar-refractivity contribution in [3.8, 4) is 5.75 Å². The molecule has 1 heterocycles. The van der Waals surface area contributed by atoms with Crippen LogP contribution in [0, 0.1) is 0 Å². The first kappa shape index (κ1) is 21.4. The van der Waals surface area contributed by atoms with Crippen molar-refractivity contribution in [2.24, 2.45) is 0 Å². The molecular formula is C23H26N2O5. The van der Waals surface area contributed by atoms with E-state index in [4.69, 9.17) is 9.47 Å². The van der Waals surface area contributed by atoms with Crippen molar-refractivity contribution in [1.82, 2.24) is 10.2 Å². The van der Waals surface area contributed by atoms with Crippen LogP contribution in [0.4, 0.5) is 0 Å². The molecule has 1 atom stereocenters. The molecule has 3 rings (SSSR count). The van der Waals surface area contributed by atoms with Crippen LogP contribution in [0.3, 0.4) is 0 Å². The van der Waals surface area contributed by atoms with Crippen molar-refractivity contribution in [3.63, 3.8) is 0 Å². The smallest absolute Gasteiger partial charge is 0.308 e. The molecule has 158 valence electrons. The second-order valence-electron chi connectivity index (χ2n) is 7.35. The van der Waals surface area contributed by atoms with Gasteiger partial charge < -0.3 is 19.7 Å². The van der Waals surface area contributed by atoms with Crippen molar-refractivity contribution in [1.29, 1.82) is 0 Å². The minimum atomic E-state index is -0.902. The third-order valence-corrected chi connectivity index (χ3v) is 4.67. The molecule has 2 aromatic rings. The Hall–Kier alpha value is -3.35. The van der Waals surface area contributed by atoms with Crippen LogP contribution in [0.1, 0.15) is 36.2 Å².